The molecule has 186 valence electrons. The summed E-state index contributed by atoms with van der Waals surface area (Å²) >= 11 is 0. The Hall–Kier alpha value is -3.95. The highest BCUT2D eigenvalue weighted by Gasteiger charge is 2.38. The van der Waals surface area contributed by atoms with E-state index in [1.54, 1.807) is 29.3 Å². The van der Waals surface area contributed by atoms with Gasteiger partial charge in [0.2, 0.25) is 0 Å². The number of aryl methyl sites for hydroxylation is 1. The Kier molecular flexibility index (Phi) is 5.89. The number of rotatable bonds is 6. The van der Waals surface area contributed by atoms with Crippen LogP contribution >= 0.6 is 0 Å². The molecule has 4 N–H and O–H groups in total. The van der Waals surface area contributed by atoms with Gasteiger partial charge in [-0.1, -0.05) is 11.8 Å². The summed E-state index contributed by atoms with van der Waals surface area (Å²) in [6, 6.07) is 1.85. The molecular weight excluding hydrogens is 478 g/mol. The fourth-order valence-electron chi connectivity index (χ4n) is 3.73. The van der Waals surface area contributed by atoms with E-state index in [1.165, 1.54) is 12.4 Å². The van der Waals surface area contributed by atoms with Crippen LogP contribution < -0.4 is 16.4 Å². The van der Waals surface area contributed by atoms with Crippen LogP contribution in [0.15, 0.2) is 60.6 Å². The smallest absolute Gasteiger partial charge is 0.256 e. The average molecular weight is 506 g/mol. The van der Waals surface area contributed by atoms with Gasteiger partial charge < -0.3 is 16.4 Å². The summed E-state index contributed by atoms with van der Waals surface area (Å²) in [4.78, 5) is 8.95. The van der Waals surface area contributed by atoms with Crippen LogP contribution in [0.3, 0.4) is 0 Å². The number of nitrogens with one attached hydrogen (secondary N) is 2. The molecule has 0 bridgehead atoms. The van der Waals surface area contributed by atoms with Crippen molar-refractivity contribution >= 4 is 10.0 Å². The topological polar surface area (TPSA) is 146 Å². The lowest BCUT2D eigenvalue weighted by Crippen LogP contribution is -2.50. The third kappa shape index (κ3) is 4.75. The molecule has 4 heterocycles. The maximum Gasteiger partial charge on any atom is 0.256 e. The van der Waals surface area contributed by atoms with E-state index in [9.17, 15) is 8.42 Å². The number of allylic oxidation sites excluding steroid dienone is 1. The molecule has 1 fully saturated rings. The van der Waals surface area contributed by atoms with Crippen molar-refractivity contribution in [1.29, 1.82) is 0 Å². The Morgan fingerprint density at radius 2 is 2.03 bits per heavy atom. The molecule has 1 unspecified atom stereocenters. The van der Waals surface area contributed by atoms with E-state index in [1.807, 2.05) is 33.2 Å². The maximum atomic E-state index is 12.5. The molecule has 3 aromatic heterocycles. The van der Waals surface area contributed by atoms with Gasteiger partial charge in [0, 0.05) is 31.7 Å². The fourth-order valence-corrected chi connectivity index (χ4v) is 5.21. The van der Waals surface area contributed by atoms with E-state index >= 15 is 0 Å². The predicted octanol–water partition coefficient (Wildman–Crippen LogP) is 0.946. The molecule has 0 aromatic carbocycles. The minimum atomic E-state index is -3.48. The summed E-state index contributed by atoms with van der Waals surface area (Å²) in [6.45, 7) is 4.06. The van der Waals surface area contributed by atoms with Gasteiger partial charge in [-0.25, -0.2) is 18.4 Å². The highest BCUT2D eigenvalue weighted by Crippen LogP contribution is 2.30. The quantitative estimate of drug-likeness (QED) is 0.417. The molecule has 1 atom stereocenters. The van der Waals surface area contributed by atoms with Crippen LogP contribution in [0.4, 0.5) is 0 Å². The highest BCUT2D eigenvalue weighted by molar-refractivity contribution is 7.90. The summed E-state index contributed by atoms with van der Waals surface area (Å²) in [5.41, 5.74) is 8.91. The summed E-state index contributed by atoms with van der Waals surface area (Å²) in [6.07, 6.45) is 12.9. The average Bonchev–Trinajstić information content (AvgIpc) is 3.44. The zero-order valence-electron chi connectivity index (χ0n) is 20.2. The van der Waals surface area contributed by atoms with Crippen LogP contribution in [0.1, 0.15) is 37.9 Å². The molecule has 5 rings (SSSR count). The van der Waals surface area contributed by atoms with Crippen molar-refractivity contribution in [3.8, 4) is 23.2 Å². The Morgan fingerprint density at radius 1 is 1.22 bits per heavy atom. The van der Waals surface area contributed by atoms with Crippen molar-refractivity contribution in [2.45, 2.75) is 43.6 Å². The highest BCUT2D eigenvalue weighted by atomic mass is 32.2. The van der Waals surface area contributed by atoms with Crippen molar-refractivity contribution < 1.29 is 8.42 Å². The lowest BCUT2D eigenvalue weighted by molar-refractivity contribution is 0.466. The molecule has 3 aromatic rings. The number of hydrogen-bond acceptors (Lipinski definition) is 9. The number of dihydropyridines is 1. The van der Waals surface area contributed by atoms with Gasteiger partial charge >= 0.3 is 0 Å². The minimum absolute atomic E-state index is 0.141. The molecule has 0 radical (unpaired) electrons. The van der Waals surface area contributed by atoms with Crippen molar-refractivity contribution in [2.75, 3.05) is 0 Å². The summed E-state index contributed by atoms with van der Waals surface area (Å²) < 4.78 is 27.7. The van der Waals surface area contributed by atoms with Gasteiger partial charge in [-0.15, -0.1) is 0 Å². The van der Waals surface area contributed by atoms with Crippen LogP contribution in [0.5, 0.6) is 0 Å². The monoisotopic (exact) mass is 505 g/mol. The fraction of sp³-hybridized carbons (Fsp3) is 0.333. The third-order valence-corrected chi connectivity index (χ3v) is 7.75. The second kappa shape index (κ2) is 8.92. The first-order valence-corrected chi connectivity index (χ1v) is 13.0. The van der Waals surface area contributed by atoms with E-state index < -0.39 is 15.7 Å². The molecule has 0 spiro atoms. The van der Waals surface area contributed by atoms with E-state index in [-0.39, 0.29) is 11.3 Å². The van der Waals surface area contributed by atoms with Gasteiger partial charge in [0.15, 0.2) is 11.5 Å². The third-order valence-electron chi connectivity index (χ3n) is 5.71. The molecule has 1 saturated carbocycles. The van der Waals surface area contributed by atoms with Gasteiger partial charge in [-0.2, -0.15) is 14.3 Å². The van der Waals surface area contributed by atoms with E-state index in [0.29, 0.717) is 29.9 Å². The molecule has 1 aliphatic carbocycles. The summed E-state index contributed by atoms with van der Waals surface area (Å²) in [5.74, 6) is 6.62. The second-order valence-electron chi connectivity index (χ2n) is 9.19. The lowest BCUT2D eigenvalue weighted by Gasteiger charge is -2.32. The standard InChI is InChI=1S/C24H27N9O2S/c1-16(2)30-21-10-24(25,27-12-18(21)5-4-17-11-28-32(3)14-17)22-8-9-26-23(31-22)19-13-29-33(15-19)36(34,35)20-6-7-20/h8-16,20,27,30H,6-7,25H2,1-3H3. The van der Waals surface area contributed by atoms with Crippen molar-refractivity contribution in [3.05, 3.63) is 71.9 Å². The number of nitrogens with zero attached hydrogens (tertiary/aromatic N) is 6. The SMILES string of the molecule is CC(C)NC1=CC(N)(c2ccnc(-c3cnn(S(=O)(=O)C4CC4)c3)n2)NC=C1C#Cc1cnn(C)c1. The van der Waals surface area contributed by atoms with Crippen molar-refractivity contribution in [1.82, 2.24) is 39.6 Å². The first kappa shape index (κ1) is 23.8. The van der Waals surface area contributed by atoms with Crippen LogP contribution in [0.2, 0.25) is 0 Å². The Bertz CT molecular complexity index is 1530. The van der Waals surface area contributed by atoms with Gasteiger partial charge in [-0.05, 0) is 38.8 Å². The van der Waals surface area contributed by atoms with E-state index in [4.69, 9.17) is 5.73 Å². The molecule has 12 heteroatoms. The largest absolute Gasteiger partial charge is 0.382 e. The lowest BCUT2D eigenvalue weighted by atomic mass is 9.98. The van der Waals surface area contributed by atoms with Crippen LogP contribution in [0, 0.1) is 11.8 Å². The number of aromatic nitrogens is 6. The Balaban J connectivity index is 1.45. The first-order chi connectivity index (χ1) is 17.1. The van der Waals surface area contributed by atoms with E-state index in [0.717, 1.165) is 20.9 Å². The van der Waals surface area contributed by atoms with Gasteiger partial charge in [0.25, 0.3) is 10.0 Å². The second-order valence-corrected chi connectivity index (χ2v) is 11.3. The normalized spacial score (nSPS) is 19.7. The predicted molar refractivity (Wildman–Crippen MR) is 134 cm³/mol. The van der Waals surface area contributed by atoms with Crippen molar-refractivity contribution in [2.24, 2.45) is 12.8 Å². The minimum Gasteiger partial charge on any atom is -0.382 e. The molecule has 11 nitrogen and oxygen atoms in total. The van der Waals surface area contributed by atoms with Gasteiger partial charge in [0.1, 0.15) is 0 Å². The Morgan fingerprint density at radius 3 is 2.72 bits per heavy atom. The number of nitrogens with two attached hydrogens (primary N) is 1. The summed E-state index contributed by atoms with van der Waals surface area (Å²) in [5, 5.41) is 14.4. The molecule has 0 amide bonds. The maximum absolute atomic E-state index is 12.5. The van der Waals surface area contributed by atoms with Crippen molar-refractivity contribution in [3.63, 3.8) is 0 Å². The molecule has 1 aliphatic heterocycles. The van der Waals surface area contributed by atoms with Gasteiger partial charge in [0.05, 0.1) is 51.9 Å². The zero-order valence-corrected chi connectivity index (χ0v) is 21.0. The molecular formula is C24H27N9O2S. The Labute approximate surface area is 209 Å². The van der Waals surface area contributed by atoms with Crippen LogP contribution in [-0.4, -0.2) is 48.6 Å². The van der Waals surface area contributed by atoms with E-state index in [2.05, 4.69) is 42.6 Å². The van der Waals surface area contributed by atoms with Crippen LogP contribution in [0.25, 0.3) is 11.4 Å². The zero-order chi connectivity index (χ0) is 25.5. The first-order valence-electron chi connectivity index (χ1n) is 11.5. The molecule has 36 heavy (non-hydrogen) atoms. The van der Waals surface area contributed by atoms with Crippen LogP contribution in [-0.2, 0) is 22.7 Å². The summed E-state index contributed by atoms with van der Waals surface area (Å²) in [7, 11) is -1.63. The number of hydrogen-bond donors (Lipinski definition) is 3. The van der Waals surface area contributed by atoms with Gasteiger partial charge in [-0.3, -0.25) is 4.68 Å². The molecule has 2 aliphatic rings. The molecule has 0 saturated heterocycles.